The first kappa shape index (κ1) is 34.2. The summed E-state index contributed by atoms with van der Waals surface area (Å²) in [7, 11) is 0. The van der Waals surface area contributed by atoms with E-state index in [0.717, 1.165) is 25.7 Å². The summed E-state index contributed by atoms with van der Waals surface area (Å²) in [5.41, 5.74) is 0.986. The Hall–Kier alpha value is -1.84. The molecule has 0 unspecified atom stereocenters. The van der Waals surface area contributed by atoms with Crippen molar-refractivity contribution >= 4 is 11.9 Å². The molecule has 0 aromatic rings. The SMILES string of the molecule is C=C(C)C(=O)OC1CCCCC1.C=C(C)C(=O)OCCCCCCCCC=CCCCCCCCC. The standard InChI is InChI=1S/C22H40O2.C10H16O2/c1-4-5-6-7-8-9-10-11-12-13-14-15-16-17-18-19-20-24-22(23)21(2)3;1-8(2)10(11)12-9-6-4-3-5-7-9/h11-12H,2,4-10,13-20H2,1,3H3;9H,1,3-7H2,2H3. The Morgan fingerprint density at radius 3 is 1.67 bits per heavy atom. The van der Waals surface area contributed by atoms with Gasteiger partial charge in [-0.1, -0.05) is 96.4 Å². The van der Waals surface area contributed by atoms with Crippen molar-refractivity contribution in [3.05, 3.63) is 36.5 Å². The zero-order valence-corrected chi connectivity index (χ0v) is 23.9. The molecule has 4 nitrogen and oxygen atoms in total. The number of esters is 2. The van der Waals surface area contributed by atoms with Gasteiger partial charge < -0.3 is 9.47 Å². The van der Waals surface area contributed by atoms with Crippen LogP contribution in [0, 0.1) is 0 Å². The third-order valence-corrected chi connectivity index (χ3v) is 6.41. The number of hydrogen-bond donors (Lipinski definition) is 0. The topological polar surface area (TPSA) is 52.6 Å². The number of unbranched alkanes of at least 4 members (excludes halogenated alkanes) is 12. The highest BCUT2D eigenvalue weighted by Gasteiger charge is 2.17. The lowest BCUT2D eigenvalue weighted by atomic mass is 9.98. The molecule has 0 N–H and O–H groups in total. The van der Waals surface area contributed by atoms with E-state index in [1.165, 1.54) is 96.3 Å². The van der Waals surface area contributed by atoms with Gasteiger partial charge in [0.15, 0.2) is 0 Å². The van der Waals surface area contributed by atoms with Crippen LogP contribution >= 0.6 is 0 Å². The summed E-state index contributed by atoms with van der Waals surface area (Å²) in [5, 5.41) is 0. The zero-order chi connectivity index (χ0) is 26.9. The highest BCUT2D eigenvalue weighted by molar-refractivity contribution is 5.87. The molecule has 0 saturated heterocycles. The summed E-state index contributed by atoms with van der Waals surface area (Å²) in [4.78, 5) is 22.3. The summed E-state index contributed by atoms with van der Waals surface area (Å²) < 4.78 is 10.3. The maximum absolute atomic E-state index is 11.2. The molecule has 0 heterocycles. The minimum atomic E-state index is -0.261. The molecule has 0 atom stereocenters. The largest absolute Gasteiger partial charge is 0.462 e. The van der Waals surface area contributed by atoms with E-state index in [1.54, 1.807) is 13.8 Å². The molecular weight excluding hydrogens is 448 g/mol. The lowest BCUT2D eigenvalue weighted by Crippen LogP contribution is -2.20. The molecule has 0 aromatic carbocycles. The van der Waals surface area contributed by atoms with Crippen LogP contribution in [0.5, 0.6) is 0 Å². The molecule has 0 aliphatic heterocycles. The molecule has 1 aliphatic carbocycles. The minimum Gasteiger partial charge on any atom is -0.462 e. The second-order valence-corrected chi connectivity index (χ2v) is 10.3. The molecule has 0 amide bonds. The van der Waals surface area contributed by atoms with E-state index < -0.39 is 0 Å². The fraction of sp³-hybridized carbons (Fsp3) is 0.750. The number of rotatable bonds is 19. The highest BCUT2D eigenvalue weighted by atomic mass is 16.5. The Morgan fingerprint density at radius 2 is 1.17 bits per heavy atom. The van der Waals surface area contributed by atoms with E-state index in [1.807, 2.05) is 0 Å². The second-order valence-electron chi connectivity index (χ2n) is 10.3. The summed E-state index contributed by atoms with van der Waals surface area (Å²) in [6.45, 7) is 13.3. The maximum Gasteiger partial charge on any atom is 0.333 e. The van der Waals surface area contributed by atoms with Crippen LogP contribution in [0.4, 0.5) is 0 Å². The molecule has 0 spiro atoms. The number of allylic oxidation sites excluding steroid dienone is 2. The predicted octanol–water partition coefficient (Wildman–Crippen LogP) is 9.58. The van der Waals surface area contributed by atoms with Crippen molar-refractivity contribution < 1.29 is 19.1 Å². The smallest absolute Gasteiger partial charge is 0.333 e. The van der Waals surface area contributed by atoms with Gasteiger partial charge in [-0.3, -0.25) is 0 Å². The van der Waals surface area contributed by atoms with Gasteiger partial charge >= 0.3 is 11.9 Å². The Morgan fingerprint density at radius 1 is 0.694 bits per heavy atom. The van der Waals surface area contributed by atoms with Crippen LogP contribution in [0.3, 0.4) is 0 Å². The van der Waals surface area contributed by atoms with Crippen molar-refractivity contribution in [1.82, 2.24) is 0 Å². The molecule has 0 bridgehead atoms. The number of carbonyl (C=O) groups excluding carboxylic acids is 2. The molecule has 1 saturated carbocycles. The van der Waals surface area contributed by atoms with E-state index in [4.69, 9.17) is 9.47 Å². The van der Waals surface area contributed by atoms with Gasteiger partial charge in [0.1, 0.15) is 6.10 Å². The lowest BCUT2D eigenvalue weighted by Gasteiger charge is -2.21. The van der Waals surface area contributed by atoms with Crippen LogP contribution < -0.4 is 0 Å². The fourth-order valence-corrected chi connectivity index (χ4v) is 4.07. The second kappa shape index (κ2) is 24.8. The monoisotopic (exact) mass is 504 g/mol. The highest BCUT2D eigenvalue weighted by Crippen LogP contribution is 2.20. The first-order chi connectivity index (χ1) is 17.4. The van der Waals surface area contributed by atoms with Gasteiger partial charge in [-0.2, -0.15) is 0 Å². The van der Waals surface area contributed by atoms with Gasteiger partial charge in [-0.25, -0.2) is 9.59 Å². The van der Waals surface area contributed by atoms with Gasteiger partial charge in [-0.05, 0) is 71.6 Å². The molecule has 0 radical (unpaired) electrons. The lowest BCUT2D eigenvalue weighted by molar-refractivity contribution is -0.145. The summed E-state index contributed by atoms with van der Waals surface area (Å²) in [6, 6.07) is 0. The summed E-state index contributed by atoms with van der Waals surface area (Å²) >= 11 is 0. The number of hydrogen-bond acceptors (Lipinski definition) is 4. The summed E-state index contributed by atoms with van der Waals surface area (Å²) in [5.74, 6) is -0.496. The van der Waals surface area contributed by atoms with Crippen LogP contribution in [-0.2, 0) is 19.1 Å². The third kappa shape index (κ3) is 22.6. The quantitative estimate of drug-likeness (QED) is 0.0760. The minimum absolute atomic E-state index is 0.156. The molecular formula is C32H56O4. The normalized spacial score (nSPS) is 13.6. The molecule has 0 aromatic heterocycles. The van der Waals surface area contributed by atoms with E-state index in [9.17, 15) is 9.59 Å². The third-order valence-electron chi connectivity index (χ3n) is 6.41. The Bertz CT molecular complexity index is 614. The van der Waals surface area contributed by atoms with Crippen LogP contribution in [0.25, 0.3) is 0 Å². The Labute approximate surface area is 223 Å². The van der Waals surface area contributed by atoms with Crippen molar-refractivity contribution in [3.63, 3.8) is 0 Å². The molecule has 4 heteroatoms. The first-order valence-corrected chi connectivity index (χ1v) is 14.7. The maximum atomic E-state index is 11.2. The van der Waals surface area contributed by atoms with Gasteiger partial charge in [0.2, 0.25) is 0 Å². The van der Waals surface area contributed by atoms with Gasteiger partial charge in [0.25, 0.3) is 0 Å². The summed E-state index contributed by atoms with van der Waals surface area (Å²) in [6.07, 6.45) is 28.7. The molecule has 1 fully saturated rings. The predicted molar refractivity (Wildman–Crippen MR) is 153 cm³/mol. The number of ether oxygens (including phenoxy) is 2. The first-order valence-electron chi connectivity index (χ1n) is 14.7. The van der Waals surface area contributed by atoms with Crippen molar-refractivity contribution in [2.45, 2.75) is 149 Å². The van der Waals surface area contributed by atoms with Crippen LogP contribution in [0.1, 0.15) is 143 Å². The average molecular weight is 505 g/mol. The van der Waals surface area contributed by atoms with Crippen LogP contribution in [0.2, 0.25) is 0 Å². The van der Waals surface area contributed by atoms with Gasteiger partial charge in [0.05, 0.1) is 6.61 Å². The Kier molecular flexibility index (Phi) is 23.6. The fourth-order valence-electron chi connectivity index (χ4n) is 4.07. The van der Waals surface area contributed by atoms with Gasteiger partial charge in [0, 0.05) is 11.1 Å². The molecule has 1 rings (SSSR count). The van der Waals surface area contributed by atoms with Crippen LogP contribution in [0.15, 0.2) is 36.5 Å². The average Bonchev–Trinajstić information content (AvgIpc) is 2.86. The molecule has 36 heavy (non-hydrogen) atoms. The molecule has 208 valence electrons. The van der Waals surface area contributed by atoms with Crippen molar-refractivity contribution in [2.24, 2.45) is 0 Å². The zero-order valence-electron chi connectivity index (χ0n) is 23.9. The van der Waals surface area contributed by atoms with E-state index in [2.05, 4.69) is 32.2 Å². The van der Waals surface area contributed by atoms with Crippen molar-refractivity contribution in [3.8, 4) is 0 Å². The molecule has 1 aliphatic rings. The van der Waals surface area contributed by atoms with E-state index >= 15 is 0 Å². The van der Waals surface area contributed by atoms with Crippen LogP contribution in [-0.4, -0.2) is 24.6 Å². The van der Waals surface area contributed by atoms with Crippen molar-refractivity contribution in [1.29, 1.82) is 0 Å². The number of carbonyl (C=O) groups is 2. The van der Waals surface area contributed by atoms with E-state index in [0.29, 0.717) is 17.8 Å². The van der Waals surface area contributed by atoms with Gasteiger partial charge in [-0.15, -0.1) is 0 Å². The van der Waals surface area contributed by atoms with Crippen molar-refractivity contribution in [2.75, 3.05) is 6.61 Å². The Balaban J connectivity index is 0.000000846. The van der Waals surface area contributed by atoms with E-state index in [-0.39, 0.29) is 18.0 Å².